The Kier molecular flexibility index (Phi) is 3.48. The minimum atomic E-state index is 0.0881. The summed E-state index contributed by atoms with van der Waals surface area (Å²) in [5, 5.41) is 0. The minimum absolute atomic E-state index is 0.0881. The molecule has 13 heavy (non-hydrogen) atoms. The van der Waals surface area contributed by atoms with Crippen LogP contribution in [0.25, 0.3) is 0 Å². The van der Waals surface area contributed by atoms with Gasteiger partial charge >= 0.3 is 0 Å². The predicted octanol–water partition coefficient (Wildman–Crippen LogP) is 1.20. The molecule has 1 amide bonds. The van der Waals surface area contributed by atoms with Crippen molar-refractivity contribution in [1.82, 2.24) is 4.90 Å². The molecule has 1 aliphatic heterocycles. The Labute approximate surface area is 79.4 Å². The number of hydrogen-bond donors (Lipinski definition) is 0. The first-order valence-corrected chi connectivity index (χ1v) is 4.70. The van der Waals surface area contributed by atoms with E-state index in [1.165, 1.54) is 0 Å². The average molecular weight is 183 g/mol. The van der Waals surface area contributed by atoms with Crippen LogP contribution in [0.3, 0.4) is 0 Å². The van der Waals surface area contributed by atoms with Crippen LogP contribution >= 0.6 is 0 Å². The molecule has 0 radical (unpaired) electrons. The summed E-state index contributed by atoms with van der Waals surface area (Å²) in [6.45, 7) is 7.19. The number of hydrogen-bond acceptors (Lipinski definition) is 2. The van der Waals surface area contributed by atoms with Gasteiger partial charge in [-0.15, -0.1) is 0 Å². The summed E-state index contributed by atoms with van der Waals surface area (Å²) in [4.78, 5) is 13.4. The first-order chi connectivity index (χ1) is 6.15. The van der Waals surface area contributed by atoms with Gasteiger partial charge in [0.05, 0.1) is 18.8 Å². The second-order valence-electron chi connectivity index (χ2n) is 3.48. The normalized spacial score (nSPS) is 29.6. The van der Waals surface area contributed by atoms with Crippen LogP contribution in [0.15, 0.2) is 12.2 Å². The van der Waals surface area contributed by atoms with Crippen molar-refractivity contribution < 1.29 is 9.53 Å². The quantitative estimate of drug-likeness (QED) is 0.572. The topological polar surface area (TPSA) is 29.5 Å². The maximum Gasteiger partial charge on any atom is 0.246 e. The SMILES string of the molecule is CC=CC(=O)N1CC(C)OCC1C. The van der Waals surface area contributed by atoms with Gasteiger partial charge in [0.1, 0.15) is 0 Å². The number of allylic oxidation sites excluding steroid dienone is 1. The molecule has 1 saturated heterocycles. The number of nitrogens with zero attached hydrogens (tertiary/aromatic N) is 1. The highest BCUT2D eigenvalue weighted by Crippen LogP contribution is 2.11. The number of carbonyl (C=O) groups is 1. The zero-order valence-electron chi connectivity index (χ0n) is 8.49. The van der Waals surface area contributed by atoms with E-state index < -0.39 is 0 Å². The third-order valence-electron chi connectivity index (χ3n) is 2.20. The molecule has 0 aliphatic carbocycles. The molecule has 74 valence electrons. The van der Waals surface area contributed by atoms with Crippen molar-refractivity contribution in [2.24, 2.45) is 0 Å². The molecule has 1 rings (SSSR count). The minimum Gasteiger partial charge on any atom is -0.375 e. The Balaban J connectivity index is 2.60. The lowest BCUT2D eigenvalue weighted by Crippen LogP contribution is -2.49. The van der Waals surface area contributed by atoms with Gasteiger partial charge in [0, 0.05) is 6.54 Å². The smallest absolute Gasteiger partial charge is 0.246 e. The van der Waals surface area contributed by atoms with Gasteiger partial charge in [-0.1, -0.05) is 6.08 Å². The summed E-state index contributed by atoms with van der Waals surface area (Å²) in [5.41, 5.74) is 0. The Morgan fingerprint density at radius 3 is 2.85 bits per heavy atom. The summed E-state index contributed by atoms with van der Waals surface area (Å²) in [6.07, 6.45) is 3.54. The second kappa shape index (κ2) is 4.42. The molecule has 0 aromatic rings. The molecular weight excluding hydrogens is 166 g/mol. The maximum atomic E-state index is 11.5. The standard InChI is InChI=1S/C10H17NO2/c1-4-5-10(12)11-6-9(3)13-7-8(11)2/h4-5,8-9H,6-7H2,1-3H3. The third kappa shape index (κ3) is 2.56. The number of carbonyl (C=O) groups excluding carboxylic acids is 1. The molecule has 1 aliphatic rings. The molecule has 2 atom stereocenters. The van der Waals surface area contributed by atoms with Gasteiger partial charge in [-0.2, -0.15) is 0 Å². The van der Waals surface area contributed by atoms with E-state index in [2.05, 4.69) is 0 Å². The summed E-state index contributed by atoms with van der Waals surface area (Å²) in [7, 11) is 0. The van der Waals surface area contributed by atoms with Crippen molar-refractivity contribution in [3.63, 3.8) is 0 Å². The maximum absolute atomic E-state index is 11.5. The summed E-state index contributed by atoms with van der Waals surface area (Å²) < 4.78 is 5.43. The van der Waals surface area contributed by atoms with Gasteiger partial charge in [-0.3, -0.25) is 4.79 Å². The summed E-state index contributed by atoms with van der Waals surface area (Å²) in [5.74, 6) is 0.0881. The highest BCUT2D eigenvalue weighted by molar-refractivity contribution is 5.87. The molecule has 3 heteroatoms. The zero-order chi connectivity index (χ0) is 9.84. The second-order valence-corrected chi connectivity index (χ2v) is 3.48. The first-order valence-electron chi connectivity index (χ1n) is 4.70. The van der Waals surface area contributed by atoms with E-state index in [9.17, 15) is 4.79 Å². The largest absolute Gasteiger partial charge is 0.375 e. The molecule has 3 nitrogen and oxygen atoms in total. The molecule has 0 N–H and O–H groups in total. The molecule has 0 aromatic carbocycles. The molecule has 0 bridgehead atoms. The van der Waals surface area contributed by atoms with Gasteiger partial charge in [-0.05, 0) is 26.8 Å². The van der Waals surface area contributed by atoms with Crippen LogP contribution < -0.4 is 0 Å². The highest BCUT2D eigenvalue weighted by atomic mass is 16.5. The molecule has 2 unspecified atom stereocenters. The molecule has 0 spiro atoms. The van der Waals surface area contributed by atoms with Crippen LogP contribution in [0.1, 0.15) is 20.8 Å². The van der Waals surface area contributed by atoms with Crippen LogP contribution in [0.2, 0.25) is 0 Å². The van der Waals surface area contributed by atoms with Crippen LogP contribution in [0.5, 0.6) is 0 Å². The number of ether oxygens (including phenoxy) is 1. The van der Waals surface area contributed by atoms with Crippen molar-refractivity contribution in [3.05, 3.63) is 12.2 Å². The third-order valence-corrected chi connectivity index (χ3v) is 2.20. The summed E-state index contributed by atoms with van der Waals surface area (Å²) in [6, 6.07) is 0.194. The monoisotopic (exact) mass is 183 g/mol. The number of amides is 1. The van der Waals surface area contributed by atoms with Gasteiger partial charge in [-0.25, -0.2) is 0 Å². The lowest BCUT2D eigenvalue weighted by atomic mass is 10.2. The predicted molar refractivity (Wildman–Crippen MR) is 51.4 cm³/mol. The number of morpholine rings is 1. The molecule has 0 saturated carbocycles. The van der Waals surface area contributed by atoms with Crippen molar-refractivity contribution >= 4 is 5.91 Å². The Morgan fingerprint density at radius 2 is 2.23 bits per heavy atom. The van der Waals surface area contributed by atoms with Crippen molar-refractivity contribution in [2.45, 2.75) is 32.9 Å². The lowest BCUT2D eigenvalue weighted by Gasteiger charge is -2.36. The van der Waals surface area contributed by atoms with Crippen molar-refractivity contribution in [3.8, 4) is 0 Å². The fourth-order valence-electron chi connectivity index (χ4n) is 1.45. The molecule has 1 heterocycles. The van der Waals surface area contributed by atoms with Crippen LogP contribution in [-0.4, -0.2) is 36.1 Å². The van der Waals surface area contributed by atoms with E-state index in [-0.39, 0.29) is 18.1 Å². The van der Waals surface area contributed by atoms with E-state index in [1.807, 2.05) is 25.7 Å². The fraction of sp³-hybridized carbons (Fsp3) is 0.700. The Hall–Kier alpha value is -0.830. The van der Waals surface area contributed by atoms with Gasteiger partial charge in [0.25, 0.3) is 0 Å². The Bertz CT molecular complexity index is 213. The molecular formula is C10H17NO2. The zero-order valence-corrected chi connectivity index (χ0v) is 8.49. The lowest BCUT2D eigenvalue weighted by molar-refractivity contribution is -0.137. The van der Waals surface area contributed by atoms with Gasteiger partial charge in [0.15, 0.2) is 0 Å². The van der Waals surface area contributed by atoms with Gasteiger partial charge in [0.2, 0.25) is 5.91 Å². The average Bonchev–Trinajstić information content (AvgIpc) is 2.09. The number of rotatable bonds is 1. The van der Waals surface area contributed by atoms with E-state index in [4.69, 9.17) is 4.74 Å². The Morgan fingerprint density at radius 1 is 1.54 bits per heavy atom. The van der Waals surface area contributed by atoms with Crippen LogP contribution in [-0.2, 0) is 9.53 Å². The first kappa shape index (κ1) is 10.3. The van der Waals surface area contributed by atoms with Crippen LogP contribution in [0.4, 0.5) is 0 Å². The van der Waals surface area contributed by atoms with Crippen LogP contribution in [0, 0.1) is 0 Å². The van der Waals surface area contributed by atoms with Gasteiger partial charge < -0.3 is 9.64 Å². The van der Waals surface area contributed by atoms with Crippen molar-refractivity contribution in [1.29, 1.82) is 0 Å². The van der Waals surface area contributed by atoms with E-state index >= 15 is 0 Å². The van der Waals surface area contributed by atoms with Crippen molar-refractivity contribution in [2.75, 3.05) is 13.2 Å². The van der Waals surface area contributed by atoms with E-state index in [0.29, 0.717) is 13.2 Å². The summed E-state index contributed by atoms with van der Waals surface area (Å²) >= 11 is 0. The molecule has 0 aromatic heterocycles. The fourth-order valence-corrected chi connectivity index (χ4v) is 1.45. The van der Waals surface area contributed by atoms with E-state index in [0.717, 1.165) is 0 Å². The highest BCUT2D eigenvalue weighted by Gasteiger charge is 2.25. The molecule has 1 fully saturated rings. The van der Waals surface area contributed by atoms with E-state index in [1.54, 1.807) is 12.2 Å².